The molecule has 0 unspecified atom stereocenters. The molecule has 1 aromatic carbocycles. The van der Waals surface area contributed by atoms with E-state index in [1.165, 1.54) is 42.7 Å². The summed E-state index contributed by atoms with van der Waals surface area (Å²) in [6.07, 6.45) is 8.02. The molecular formula is C23H27N5O2. The molecule has 2 aromatic heterocycles. The number of nitrogens with one attached hydrogen (secondary N) is 2. The molecule has 4 rings (SSSR count). The van der Waals surface area contributed by atoms with E-state index in [2.05, 4.69) is 20.6 Å². The highest BCUT2D eigenvalue weighted by molar-refractivity contribution is 5.91. The molecular weight excluding hydrogens is 378 g/mol. The number of rotatable bonds is 6. The van der Waals surface area contributed by atoms with Crippen molar-refractivity contribution in [2.45, 2.75) is 45.6 Å². The summed E-state index contributed by atoms with van der Waals surface area (Å²) in [5.41, 5.74) is 2.01. The Kier molecular flexibility index (Phi) is 6.07. The van der Waals surface area contributed by atoms with Crippen LogP contribution in [0, 0.1) is 12.8 Å². The van der Waals surface area contributed by atoms with Crippen molar-refractivity contribution in [2.75, 3.05) is 17.2 Å². The number of pyridine rings is 1. The van der Waals surface area contributed by atoms with Crippen LogP contribution >= 0.6 is 0 Å². The van der Waals surface area contributed by atoms with Crippen molar-refractivity contribution in [2.24, 2.45) is 5.92 Å². The molecule has 0 bridgehead atoms. The van der Waals surface area contributed by atoms with Gasteiger partial charge in [0.15, 0.2) is 0 Å². The van der Waals surface area contributed by atoms with Gasteiger partial charge in [0.05, 0.1) is 0 Å². The van der Waals surface area contributed by atoms with Crippen molar-refractivity contribution in [1.29, 1.82) is 0 Å². The summed E-state index contributed by atoms with van der Waals surface area (Å²) in [6.45, 7) is 2.71. The number of nitrogens with zero attached hydrogens (tertiary/aromatic N) is 3. The molecule has 1 saturated carbocycles. The van der Waals surface area contributed by atoms with Crippen LogP contribution < -0.4 is 16.2 Å². The standard InChI is InChI=1S/C23H27N5O2/c1-16-7-10-19(11-8-16)26-20(29)15-28-21(30)12-9-18-14-25-23(27-22(18)28)24-13-17-5-3-2-4-6-17/h7-12,14,17H,2-6,13,15H2,1H3,(H,26,29)(H,24,25,27). The van der Waals surface area contributed by atoms with E-state index < -0.39 is 0 Å². The van der Waals surface area contributed by atoms with Crippen LogP contribution in [0.4, 0.5) is 11.6 Å². The predicted octanol–water partition coefficient (Wildman–Crippen LogP) is 3.73. The van der Waals surface area contributed by atoms with Crippen molar-refractivity contribution < 1.29 is 4.79 Å². The summed E-state index contributed by atoms with van der Waals surface area (Å²) < 4.78 is 1.40. The van der Waals surface area contributed by atoms with E-state index in [9.17, 15) is 9.59 Å². The lowest BCUT2D eigenvalue weighted by atomic mass is 9.89. The van der Waals surface area contributed by atoms with Crippen molar-refractivity contribution in [1.82, 2.24) is 14.5 Å². The van der Waals surface area contributed by atoms with Gasteiger partial charge in [-0.15, -0.1) is 0 Å². The first-order chi connectivity index (χ1) is 14.6. The van der Waals surface area contributed by atoms with E-state index in [1.807, 2.05) is 31.2 Å². The highest BCUT2D eigenvalue weighted by Crippen LogP contribution is 2.23. The number of hydrogen-bond acceptors (Lipinski definition) is 5. The molecule has 7 heteroatoms. The lowest BCUT2D eigenvalue weighted by molar-refractivity contribution is -0.116. The van der Waals surface area contributed by atoms with Crippen LogP contribution in [0.1, 0.15) is 37.7 Å². The van der Waals surface area contributed by atoms with E-state index in [0.717, 1.165) is 17.5 Å². The first kappa shape index (κ1) is 20.1. The Morgan fingerprint density at radius 2 is 1.87 bits per heavy atom. The van der Waals surface area contributed by atoms with Gasteiger partial charge in [0.25, 0.3) is 5.56 Å². The van der Waals surface area contributed by atoms with Crippen LogP contribution in [0.25, 0.3) is 11.0 Å². The van der Waals surface area contributed by atoms with Gasteiger partial charge in [0, 0.05) is 29.9 Å². The summed E-state index contributed by atoms with van der Waals surface area (Å²) in [7, 11) is 0. The van der Waals surface area contributed by atoms with E-state index in [0.29, 0.717) is 23.2 Å². The highest BCUT2D eigenvalue weighted by Gasteiger charge is 2.15. The number of anilines is 2. The minimum Gasteiger partial charge on any atom is -0.354 e. The van der Waals surface area contributed by atoms with E-state index >= 15 is 0 Å². The van der Waals surface area contributed by atoms with Crippen molar-refractivity contribution in [3.63, 3.8) is 0 Å². The van der Waals surface area contributed by atoms with Gasteiger partial charge >= 0.3 is 0 Å². The lowest BCUT2D eigenvalue weighted by Crippen LogP contribution is -2.28. The second-order valence-corrected chi connectivity index (χ2v) is 8.03. The number of aromatic nitrogens is 3. The number of aryl methyl sites for hydroxylation is 1. The molecule has 1 amide bonds. The maximum absolute atomic E-state index is 12.5. The minimum atomic E-state index is -0.274. The molecule has 1 aliphatic carbocycles. The van der Waals surface area contributed by atoms with Gasteiger partial charge in [-0.25, -0.2) is 4.98 Å². The Morgan fingerprint density at radius 3 is 2.63 bits per heavy atom. The summed E-state index contributed by atoms with van der Waals surface area (Å²) in [6, 6.07) is 10.7. The quantitative estimate of drug-likeness (QED) is 0.652. The number of hydrogen-bond donors (Lipinski definition) is 2. The molecule has 0 radical (unpaired) electrons. The van der Waals surface area contributed by atoms with Gasteiger partial charge in [-0.05, 0) is 43.9 Å². The Labute approximate surface area is 175 Å². The Hall–Kier alpha value is -3.22. The third-order valence-corrected chi connectivity index (χ3v) is 5.63. The first-order valence-corrected chi connectivity index (χ1v) is 10.6. The van der Waals surface area contributed by atoms with Crippen molar-refractivity contribution in [3.8, 4) is 0 Å². The highest BCUT2D eigenvalue weighted by atomic mass is 16.2. The average molecular weight is 406 g/mol. The number of carbonyl (C=O) groups is 1. The van der Waals surface area contributed by atoms with Crippen LogP contribution in [0.5, 0.6) is 0 Å². The van der Waals surface area contributed by atoms with Gasteiger partial charge in [0.1, 0.15) is 12.2 Å². The second kappa shape index (κ2) is 9.07. The molecule has 0 spiro atoms. The molecule has 2 N–H and O–H groups in total. The van der Waals surface area contributed by atoms with E-state index in [-0.39, 0.29) is 18.0 Å². The number of benzene rings is 1. The summed E-state index contributed by atoms with van der Waals surface area (Å²) >= 11 is 0. The molecule has 2 heterocycles. The van der Waals surface area contributed by atoms with Crippen LogP contribution in [-0.2, 0) is 11.3 Å². The number of fused-ring (bicyclic) bond motifs is 1. The Balaban J connectivity index is 1.52. The summed E-state index contributed by atoms with van der Waals surface area (Å²) in [5, 5.41) is 6.87. The molecule has 0 saturated heterocycles. The third-order valence-electron chi connectivity index (χ3n) is 5.63. The molecule has 3 aromatic rings. The zero-order valence-electron chi connectivity index (χ0n) is 17.2. The fraction of sp³-hybridized carbons (Fsp3) is 0.391. The van der Waals surface area contributed by atoms with Crippen LogP contribution in [0.2, 0.25) is 0 Å². The van der Waals surface area contributed by atoms with Gasteiger partial charge < -0.3 is 10.6 Å². The summed E-state index contributed by atoms with van der Waals surface area (Å²) in [4.78, 5) is 34.0. The van der Waals surface area contributed by atoms with Gasteiger partial charge in [-0.1, -0.05) is 37.0 Å². The fourth-order valence-corrected chi connectivity index (χ4v) is 3.92. The average Bonchev–Trinajstić information content (AvgIpc) is 2.76. The topological polar surface area (TPSA) is 88.9 Å². The number of carbonyl (C=O) groups excluding carboxylic acids is 1. The zero-order chi connectivity index (χ0) is 20.9. The van der Waals surface area contributed by atoms with Gasteiger partial charge in [0.2, 0.25) is 11.9 Å². The van der Waals surface area contributed by atoms with Crippen LogP contribution in [-0.4, -0.2) is 27.0 Å². The van der Waals surface area contributed by atoms with Crippen molar-refractivity contribution in [3.05, 3.63) is 58.5 Å². The zero-order valence-corrected chi connectivity index (χ0v) is 17.2. The molecule has 7 nitrogen and oxygen atoms in total. The largest absolute Gasteiger partial charge is 0.354 e. The van der Waals surface area contributed by atoms with Gasteiger partial charge in [-0.2, -0.15) is 4.98 Å². The monoisotopic (exact) mass is 405 g/mol. The molecule has 30 heavy (non-hydrogen) atoms. The van der Waals surface area contributed by atoms with Crippen molar-refractivity contribution >= 4 is 28.6 Å². The summed E-state index contributed by atoms with van der Waals surface area (Å²) in [5.74, 6) is 0.853. The lowest BCUT2D eigenvalue weighted by Gasteiger charge is -2.21. The smallest absolute Gasteiger partial charge is 0.252 e. The maximum Gasteiger partial charge on any atom is 0.252 e. The Bertz CT molecular complexity index is 1080. The molecule has 1 aliphatic rings. The maximum atomic E-state index is 12.5. The molecule has 0 aliphatic heterocycles. The molecule has 0 atom stereocenters. The predicted molar refractivity (Wildman–Crippen MR) is 119 cm³/mol. The first-order valence-electron chi connectivity index (χ1n) is 10.6. The van der Waals surface area contributed by atoms with Crippen LogP contribution in [0.3, 0.4) is 0 Å². The van der Waals surface area contributed by atoms with E-state index in [1.54, 1.807) is 12.3 Å². The Morgan fingerprint density at radius 1 is 1.10 bits per heavy atom. The van der Waals surface area contributed by atoms with E-state index in [4.69, 9.17) is 0 Å². The molecule has 156 valence electrons. The number of amides is 1. The van der Waals surface area contributed by atoms with Crippen LogP contribution in [0.15, 0.2) is 47.4 Å². The van der Waals surface area contributed by atoms with Gasteiger partial charge in [-0.3, -0.25) is 14.2 Å². The molecule has 1 fully saturated rings. The fourth-order valence-electron chi connectivity index (χ4n) is 3.92. The normalized spacial score (nSPS) is 14.6. The second-order valence-electron chi connectivity index (χ2n) is 8.03. The minimum absolute atomic E-state index is 0.108. The third kappa shape index (κ3) is 4.84. The SMILES string of the molecule is Cc1ccc(NC(=O)Cn2c(=O)ccc3cnc(NCC4CCCCC4)nc32)cc1.